The van der Waals surface area contributed by atoms with Gasteiger partial charge in [-0.05, 0) is 36.6 Å². The molecule has 0 atom stereocenters. The van der Waals surface area contributed by atoms with Crippen LogP contribution in [0.4, 0.5) is 0 Å². The van der Waals surface area contributed by atoms with Gasteiger partial charge in [0.15, 0.2) is 5.58 Å². The van der Waals surface area contributed by atoms with E-state index in [0.717, 1.165) is 23.4 Å². The van der Waals surface area contributed by atoms with Crippen molar-refractivity contribution in [3.8, 4) is 0 Å². The summed E-state index contributed by atoms with van der Waals surface area (Å²) in [5, 5.41) is 4.22. The highest BCUT2D eigenvalue weighted by Gasteiger charge is 2.45. The van der Waals surface area contributed by atoms with Gasteiger partial charge in [-0.3, -0.25) is 9.36 Å². The highest BCUT2D eigenvalue weighted by Crippen LogP contribution is 2.49. The monoisotopic (exact) mass is 404 g/mol. The van der Waals surface area contributed by atoms with Crippen LogP contribution in [0.5, 0.6) is 0 Å². The van der Waals surface area contributed by atoms with E-state index in [1.165, 1.54) is 4.57 Å². The molecule has 2 aromatic carbocycles. The number of amides is 1. The molecule has 0 saturated heterocycles. The Balaban J connectivity index is 1.39. The van der Waals surface area contributed by atoms with Crippen molar-refractivity contribution < 1.29 is 9.21 Å². The van der Waals surface area contributed by atoms with Gasteiger partial charge in [0.2, 0.25) is 5.91 Å². The average molecular weight is 405 g/mol. The van der Waals surface area contributed by atoms with Gasteiger partial charge in [-0.25, -0.2) is 4.79 Å². The summed E-state index contributed by atoms with van der Waals surface area (Å²) in [6.07, 6.45) is 2.20. The molecule has 0 aliphatic heterocycles. The Labute approximate surface area is 165 Å². The molecule has 5 nitrogen and oxygen atoms in total. The first-order valence-electron chi connectivity index (χ1n) is 8.79. The Morgan fingerprint density at radius 2 is 1.96 bits per heavy atom. The number of benzene rings is 2. The summed E-state index contributed by atoms with van der Waals surface area (Å²) in [5.41, 5.74) is 2.07. The minimum Gasteiger partial charge on any atom is -0.408 e. The van der Waals surface area contributed by atoms with E-state index in [1.54, 1.807) is 18.2 Å². The van der Waals surface area contributed by atoms with Crippen molar-refractivity contribution in [3.05, 3.63) is 68.6 Å². The molecule has 7 heteroatoms. The van der Waals surface area contributed by atoms with Crippen LogP contribution in [0.2, 0.25) is 10.0 Å². The second-order valence-corrected chi connectivity index (χ2v) is 7.76. The van der Waals surface area contributed by atoms with Crippen molar-refractivity contribution in [2.24, 2.45) is 0 Å². The third-order valence-corrected chi connectivity index (χ3v) is 5.68. The lowest BCUT2D eigenvalue weighted by Crippen LogP contribution is -2.33. The fourth-order valence-corrected chi connectivity index (χ4v) is 3.90. The van der Waals surface area contributed by atoms with Crippen molar-refractivity contribution in [1.29, 1.82) is 0 Å². The number of rotatable bonds is 6. The zero-order valence-corrected chi connectivity index (χ0v) is 16.0. The number of aryl methyl sites for hydroxylation is 1. The van der Waals surface area contributed by atoms with E-state index in [0.29, 0.717) is 22.7 Å². The van der Waals surface area contributed by atoms with Crippen LogP contribution in [0.1, 0.15) is 24.8 Å². The lowest BCUT2D eigenvalue weighted by atomic mass is 9.96. The first-order valence-corrected chi connectivity index (χ1v) is 9.55. The quantitative estimate of drug-likeness (QED) is 0.671. The third kappa shape index (κ3) is 3.62. The zero-order valence-electron chi connectivity index (χ0n) is 14.5. The van der Waals surface area contributed by atoms with Gasteiger partial charge in [0.1, 0.15) is 0 Å². The predicted octanol–water partition coefficient (Wildman–Crippen LogP) is 4.14. The molecule has 1 saturated carbocycles. The number of hydrogen-bond donors (Lipinski definition) is 1. The maximum atomic E-state index is 12.3. The summed E-state index contributed by atoms with van der Waals surface area (Å²) >= 11 is 12.2. The van der Waals surface area contributed by atoms with Crippen LogP contribution in [-0.2, 0) is 16.8 Å². The van der Waals surface area contributed by atoms with Gasteiger partial charge in [-0.15, -0.1) is 0 Å². The van der Waals surface area contributed by atoms with Crippen LogP contribution in [-0.4, -0.2) is 17.0 Å². The highest BCUT2D eigenvalue weighted by molar-refractivity contribution is 6.31. The summed E-state index contributed by atoms with van der Waals surface area (Å²) in [6.45, 7) is 0.796. The van der Waals surface area contributed by atoms with Crippen LogP contribution in [0.15, 0.2) is 51.7 Å². The van der Waals surface area contributed by atoms with E-state index in [1.807, 2.05) is 24.3 Å². The number of carbonyl (C=O) groups is 1. The third-order valence-electron chi connectivity index (χ3n) is 5.12. The maximum absolute atomic E-state index is 12.3. The Morgan fingerprint density at radius 3 is 2.70 bits per heavy atom. The van der Waals surface area contributed by atoms with Gasteiger partial charge in [0, 0.05) is 41.0 Å². The van der Waals surface area contributed by atoms with Gasteiger partial charge >= 0.3 is 5.76 Å². The Bertz CT molecular complexity index is 1070. The molecule has 4 rings (SSSR count). The van der Waals surface area contributed by atoms with Crippen molar-refractivity contribution in [1.82, 2.24) is 9.88 Å². The molecular formula is C20H18Cl2N2O3. The van der Waals surface area contributed by atoms with E-state index < -0.39 is 5.76 Å². The largest absolute Gasteiger partial charge is 0.419 e. The topological polar surface area (TPSA) is 64.2 Å². The Hall–Kier alpha value is -2.24. The van der Waals surface area contributed by atoms with E-state index in [4.69, 9.17) is 27.6 Å². The molecule has 1 N–H and O–H groups in total. The lowest BCUT2D eigenvalue weighted by molar-refractivity contribution is -0.121. The number of nitrogens with one attached hydrogen (secondary N) is 1. The second-order valence-electron chi connectivity index (χ2n) is 6.92. The van der Waals surface area contributed by atoms with Crippen molar-refractivity contribution >= 4 is 40.2 Å². The summed E-state index contributed by atoms with van der Waals surface area (Å²) in [6, 6.07) is 12.8. The van der Waals surface area contributed by atoms with Crippen LogP contribution in [0, 0.1) is 0 Å². The molecule has 3 aromatic rings. The average Bonchev–Trinajstić information content (AvgIpc) is 3.36. The SMILES string of the molecule is O=C(CCn1c(=O)oc2cc(Cl)ccc21)NCC1(c2ccccc2Cl)CC1. The number of oxazole rings is 1. The van der Waals surface area contributed by atoms with Crippen LogP contribution < -0.4 is 11.1 Å². The fourth-order valence-electron chi connectivity index (χ4n) is 3.40. The summed E-state index contributed by atoms with van der Waals surface area (Å²) < 4.78 is 6.63. The number of carbonyl (C=O) groups excluding carboxylic acids is 1. The lowest BCUT2D eigenvalue weighted by Gasteiger charge is -2.18. The van der Waals surface area contributed by atoms with Gasteiger partial charge in [0.05, 0.1) is 5.52 Å². The van der Waals surface area contributed by atoms with E-state index in [-0.39, 0.29) is 24.3 Å². The number of halogens is 2. The second kappa shape index (κ2) is 7.06. The molecule has 1 aliphatic carbocycles. The number of hydrogen-bond acceptors (Lipinski definition) is 3. The molecule has 27 heavy (non-hydrogen) atoms. The molecule has 140 valence electrons. The minimum absolute atomic E-state index is 0.0655. The number of fused-ring (bicyclic) bond motifs is 1. The maximum Gasteiger partial charge on any atom is 0.419 e. The molecule has 1 aliphatic rings. The molecule has 1 aromatic heterocycles. The van der Waals surface area contributed by atoms with Crippen molar-refractivity contribution in [3.63, 3.8) is 0 Å². The molecule has 0 spiro atoms. The minimum atomic E-state index is -0.491. The zero-order chi connectivity index (χ0) is 19.0. The number of nitrogens with zero attached hydrogens (tertiary/aromatic N) is 1. The van der Waals surface area contributed by atoms with Crippen LogP contribution >= 0.6 is 23.2 Å². The summed E-state index contributed by atoms with van der Waals surface area (Å²) in [7, 11) is 0. The summed E-state index contributed by atoms with van der Waals surface area (Å²) in [5.74, 6) is -0.599. The van der Waals surface area contributed by atoms with Gasteiger partial charge in [0.25, 0.3) is 0 Å². The number of aromatic nitrogens is 1. The van der Waals surface area contributed by atoms with Crippen molar-refractivity contribution in [2.45, 2.75) is 31.2 Å². The standard InChI is InChI=1S/C20H18Cl2N2O3/c21-13-5-6-16-17(11-13)27-19(26)24(16)10-7-18(25)23-12-20(8-9-20)14-3-1-2-4-15(14)22/h1-6,11H,7-10,12H2,(H,23,25). The normalized spacial score (nSPS) is 15.0. The van der Waals surface area contributed by atoms with E-state index >= 15 is 0 Å². The molecule has 0 radical (unpaired) electrons. The van der Waals surface area contributed by atoms with Crippen molar-refractivity contribution in [2.75, 3.05) is 6.54 Å². The van der Waals surface area contributed by atoms with Gasteiger partial charge in [-0.1, -0.05) is 41.4 Å². The molecule has 0 bridgehead atoms. The molecular weight excluding hydrogens is 387 g/mol. The van der Waals surface area contributed by atoms with Gasteiger partial charge < -0.3 is 9.73 Å². The highest BCUT2D eigenvalue weighted by atomic mass is 35.5. The fraction of sp³-hybridized carbons (Fsp3) is 0.300. The Morgan fingerprint density at radius 1 is 1.19 bits per heavy atom. The van der Waals surface area contributed by atoms with Crippen LogP contribution in [0.3, 0.4) is 0 Å². The molecule has 0 unspecified atom stereocenters. The molecule has 1 amide bonds. The van der Waals surface area contributed by atoms with Crippen LogP contribution in [0.25, 0.3) is 11.1 Å². The van der Waals surface area contributed by atoms with Gasteiger partial charge in [-0.2, -0.15) is 0 Å². The molecule has 1 fully saturated rings. The predicted molar refractivity (Wildman–Crippen MR) is 105 cm³/mol. The van der Waals surface area contributed by atoms with E-state index in [2.05, 4.69) is 5.32 Å². The van der Waals surface area contributed by atoms with E-state index in [9.17, 15) is 9.59 Å². The molecule has 1 heterocycles. The first kappa shape index (κ1) is 18.1. The summed E-state index contributed by atoms with van der Waals surface area (Å²) in [4.78, 5) is 24.3. The smallest absolute Gasteiger partial charge is 0.408 e. The Kier molecular flexibility index (Phi) is 4.74. The first-order chi connectivity index (χ1) is 13.0.